The predicted molar refractivity (Wildman–Crippen MR) is 85.6 cm³/mol. The first kappa shape index (κ1) is 17.0. The number of urea groups is 1. The Hall–Kier alpha value is -3.82. The normalized spacial score (nSPS) is 17.5. The second-order valence-electron chi connectivity index (χ2n) is 5.09. The summed E-state index contributed by atoms with van der Waals surface area (Å²) in [6.07, 6.45) is 2.13. The lowest BCUT2D eigenvalue weighted by Gasteiger charge is -2.28. The Kier molecular flexibility index (Phi) is 4.56. The highest BCUT2D eigenvalue weighted by atomic mass is 19.1. The average molecular weight is 358 g/mol. The molecule has 0 bridgehead atoms. The fraction of sp³-hybridized carbons (Fsp3) is 0.0625. The summed E-state index contributed by atoms with van der Waals surface area (Å²) in [5.74, 6) is -5.00. The summed E-state index contributed by atoms with van der Waals surface area (Å²) in [4.78, 5) is 48.5. The number of hydrogen-bond donors (Lipinski definition) is 2. The Balaban J connectivity index is 1.78. The summed E-state index contributed by atoms with van der Waals surface area (Å²) >= 11 is 0. The Bertz CT molecular complexity index is 909. The number of anilines is 1. The van der Waals surface area contributed by atoms with Crippen molar-refractivity contribution in [2.24, 2.45) is 11.0 Å². The number of nitrogens with zero attached hydrogens (tertiary/aromatic N) is 2. The molecule has 26 heavy (non-hydrogen) atoms. The number of benzene rings is 1. The van der Waals surface area contributed by atoms with Gasteiger partial charge in [-0.25, -0.2) is 19.5 Å². The lowest BCUT2D eigenvalue weighted by molar-refractivity contribution is -0.131. The second kappa shape index (κ2) is 6.97. The van der Waals surface area contributed by atoms with Crippen LogP contribution in [0, 0.1) is 11.7 Å². The fourth-order valence-corrected chi connectivity index (χ4v) is 2.22. The molecule has 10 heteroatoms. The zero-order valence-corrected chi connectivity index (χ0v) is 13.0. The van der Waals surface area contributed by atoms with E-state index in [2.05, 4.69) is 10.5 Å². The molecule has 1 aromatic carbocycles. The number of nitrogens with one attached hydrogen (secondary N) is 2. The molecular weight excluding hydrogens is 347 g/mol. The molecule has 9 nitrogen and oxygen atoms in total. The lowest BCUT2D eigenvalue weighted by Crippen LogP contribution is -2.59. The molecule has 1 fully saturated rings. The molecule has 0 saturated carbocycles. The molecule has 1 aliphatic rings. The van der Waals surface area contributed by atoms with E-state index in [0.29, 0.717) is 4.90 Å². The van der Waals surface area contributed by atoms with Gasteiger partial charge in [-0.2, -0.15) is 5.10 Å². The predicted octanol–water partition coefficient (Wildman–Crippen LogP) is 1.03. The van der Waals surface area contributed by atoms with Crippen LogP contribution in [0.5, 0.6) is 0 Å². The van der Waals surface area contributed by atoms with Crippen molar-refractivity contribution < 1.29 is 28.0 Å². The van der Waals surface area contributed by atoms with E-state index in [9.17, 15) is 23.6 Å². The molecule has 1 aromatic heterocycles. The monoisotopic (exact) mass is 358 g/mol. The van der Waals surface area contributed by atoms with Gasteiger partial charge in [0.05, 0.1) is 12.0 Å². The third-order valence-electron chi connectivity index (χ3n) is 3.43. The molecule has 1 unspecified atom stereocenters. The summed E-state index contributed by atoms with van der Waals surface area (Å²) in [6.45, 7) is 0. The van der Waals surface area contributed by atoms with Crippen LogP contribution in [0.1, 0.15) is 10.6 Å². The van der Waals surface area contributed by atoms with Crippen LogP contribution >= 0.6 is 0 Å². The molecule has 1 saturated heterocycles. The molecule has 0 spiro atoms. The van der Waals surface area contributed by atoms with Crippen LogP contribution in [0.25, 0.3) is 0 Å². The van der Waals surface area contributed by atoms with Crippen LogP contribution in [-0.4, -0.2) is 30.0 Å². The maximum atomic E-state index is 13.9. The molecule has 2 N–H and O–H groups in total. The molecule has 132 valence electrons. The standard InChI is InChI=1S/C16H11FN4O5/c17-10-4-1-2-5-11(10)21-15(24)9(13(22)19-16(21)25)8-18-20-14(23)12-6-3-7-26-12/h1-9H,(H,20,23)(H,19,22,25). The van der Waals surface area contributed by atoms with Gasteiger partial charge in [0.2, 0.25) is 5.91 Å². The van der Waals surface area contributed by atoms with E-state index < -0.39 is 35.5 Å². The number of furan rings is 1. The summed E-state index contributed by atoms with van der Waals surface area (Å²) in [6, 6.07) is 6.92. The first-order chi connectivity index (χ1) is 12.5. The number of hydrogen-bond acceptors (Lipinski definition) is 6. The second-order valence-corrected chi connectivity index (χ2v) is 5.09. The first-order valence-electron chi connectivity index (χ1n) is 7.29. The highest BCUT2D eigenvalue weighted by Gasteiger charge is 2.41. The number of carbonyl (C=O) groups is 4. The Morgan fingerprint density at radius 1 is 1.23 bits per heavy atom. The van der Waals surface area contributed by atoms with Crippen LogP contribution in [0.4, 0.5) is 14.9 Å². The van der Waals surface area contributed by atoms with Gasteiger partial charge in [0.15, 0.2) is 11.7 Å². The molecular formula is C16H11FN4O5. The minimum Gasteiger partial charge on any atom is -0.459 e. The molecule has 2 aromatic rings. The molecule has 0 radical (unpaired) electrons. The number of imide groups is 2. The van der Waals surface area contributed by atoms with E-state index in [1.807, 2.05) is 5.32 Å². The van der Waals surface area contributed by atoms with Crippen LogP contribution in [0.3, 0.4) is 0 Å². The number of amides is 5. The molecule has 0 aliphatic carbocycles. The van der Waals surface area contributed by atoms with Crippen molar-refractivity contribution in [1.82, 2.24) is 10.7 Å². The van der Waals surface area contributed by atoms with Gasteiger partial charge in [-0.05, 0) is 24.3 Å². The number of carbonyl (C=O) groups excluding carboxylic acids is 4. The Morgan fingerprint density at radius 3 is 2.69 bits per heavy atom. The van der Waals surface area contributed by atoms with Gasteiger partial charge < -0.3 is 4.42 Å². The van der Waals surface area contributed by atoms with Gasteiger partial charge in [0.1, 0.15) is 5.82 Å². The summed E-state index contributed by atoms with van der Waals surface area (Å²) in [7, 11) is 0. The highest BCUT2D eigenvalue weighted by Crippen LogP contribution is 2.23. The Labute approximate surface area is 145 Å². The number of halogens is 1. The topological polar surface area (TPSA) is 121 Å². The van der Waals surface area contributed by atoms with Crippen molar-refractivity contribution >= 4 is 35.7 Å². The third-order valence-corrected chi connectivity index (χ3v) is 3.43. The van der Waals surface area contributed by atoms with E-state index in [-0.39, 0.29) is 11.4 Å². The third kappa shape index (κ3) is 3.20. The zero-order chi connectivity index (χ0) is 18.7. The largest absolute Gasteiger partial charge is 0.459 e. The maximum Gasteiger partial charge on any atom is 0.335 e. The minimum atomic E-state index is -1.52. The van der Waals surface area contributed by atoms with Crippen LogP contribution < -0.4 is 15.6 Å². The molecule has 1 aliphatic heterocycles. The Morgan fingerprint density at radius 2 is 2.00 bits per heavy atom. The number of para-hydroxylation sites is 1. The zero-order valence-electron chi connectivity index (χ0n) is 13.0. The van der Waals surface area contributed by atoms with Crippen molar-refractivity contribution in [3.8, 4) is 0 Å². The van der Waals surface area contributed by atoms with Gasteiger partial charge >= 0.3 is 11.9 Å². The van der Waals surface area contributed by atoms with Crippen molar-refractivity contribution in [3.63, 3.8) is 0 Å². The summed E-state index contributed by atoms with van der Waals surface area (Å²) < 4.78 is 18.8. The summed E-state index contributed by atoms with van der Waals surface area (Å²) in [5.41, 5.74) is 1.77. The van der Waals surface area contributed by atoms with Crippen molar-refractivity contribution in [3.05, 3.63) is 54.2 Å². The van der Waals surface area contributed by atoms with Crippen LogP contribution in [0.2, 0.25) is 0 Å². The highest BCUT2D eigenvalue weighted by molar-refractivity contribution is 6.32. The van der Waals surface area contributed by atoms with Crippen molar-refractivity contribution in [2.45, 2.75) is 0 Å². The van der Waals surface area contributed by atoms with Crippen molar-refractivity contribution in [2.75, 3.05) is 4.90 Å². The molecule has 2 heterocycles. The maximum absolute atomic E-state index is 13.9. The van der Waals surface area contributed by atoms with E-state index >= 15 is 0 Å². The van der Waals surface area contributed by atoms with Crippen LogP contribution in [0.15, 0.2) is 52.2 Å². The van der Waals surface area contributed by atoms with Gasteiger partial charge in [-0.15, -0.1) is 0 Å². The van der Waals surface area contributed by atoms with E-state index in [4.69, 9.17) is 4.42 Å². The smallest absolute Gasteiger partial charge is 0.335 e. The fourth-order valence-electron chi connectivity index (χ4n) is 2.22. The first-order valence-corrected chi connectivity index (χ1v) is 7.29. The molecule has 5 amide bonds. The quantitative estimate of drug-likeness (QED) is 0.480. The molecule has 1 atom stereocenters. The van der Waals surface area contributed by atoms with Crippen LogP contribution in [-0.2, 0) is 9.59 Å². The van der Waals surface area contributed by atoms with Gasteiger partial charge in [-0.3, -0.25) is 19.7 Å². The van der Waals surface area contributed by atoms with E-state index in [1.54, 1.807) is 0 Å². The SMILES string of the molecule is O=C(NN=CC1C(=O)NC(=O)N(c2ccccc2F)C1=O)c1ccco1. The molecule has 3 rings (SSSR count). The number of rotatable bonds is 4. The number of barbiturate groups is 1. The van der Waals surface area contributed by atoms with Gasteiger partial charge in [-0.1, -0.05) is 12.1 Å². The van der Waals surface area contributed by atoms with Crippen molar-refractivity contribution in [1.29, 1.82) is 0 Å². The lowest BCUT2D eigenvalue weighted by atomic mass is 10.1. The number of hydrazone groups is 1. The summed E-state index contributed by atoms with van der Waals surface area (Å²) in [5, 5.41) is 5.47. The van der Waals surface area contributed by atoms with E-state index in [1.165, 1.54) is 36.6 Å². The van der Waals surface area contributed by atoms with Gasteiger partial charge in [0, 0.05) is 6.21 Å². The average Bonchev–Trinajstić information content (AvgIpc) is 3.14. The van der Waals surface area contributed by atoms with E-state index in [0.717, 1.165) is 12.3 Å². The minimum absolute atomic E-state index is 0.0234. The van der Waals surface area contributed by atoms with Gasteiger partial charge in [0.25, 0.3) is 5.91 Å².